The van der Waals surface area contributed by atoms with Crippen molar-refractivity contribution in [3.63, 3.8) is 0 Å². The fourth-order valence-corrected chi connectivity index (χ4v) is 2.21. The van der Waals surface area contributed by atoms with Crippen LogP contribution in [0, 0.1) is 0 Å². The van der Waals surface area contributed by atoms with Crippen molar-refractivity contribution in [2.45, 2.75) is 20.0 Å². The molecule has 1 aromatic carbocycles. The van der Waals surface area contributed by atoms with Gasteiger partial charge in [0.2, 0.25) is 0 Å². The summed E-state index contributed by atoms with van der Waals surface area (Å²) in [7, 11) is 0. The molecule has 22 heavy (non-hydrogen) atoms. The summed E-state index contributed by atoms with van der Waals surface area (Å²) >= 11 is 0. The van der Waals surface area contributed by atoms with Gasteiger partial charge in [-0.1, -0.05) is 18.2 Å². The molecule has 0 spiro atoms. The van der Waals surface area contributed by atoms with E-state index < -0.39 is 6.10 Å². The van der Waals surface area contributed by atoms with Crippen LogP contribution in [0.25, 0.3) is 0 Å². The number of aliphatic hydroxyl groups excluding tert-OH is 1. The number of aliphatic hydroxyl groups is 1. The Labute approximate surface area is 133 Å². The maximum absolute atomic E-state index is 10.5. The van der Waals surface area contributed by atoms with Gasteiger partial charge in [0, 0.05) is 19.6 Å². The molecule has 4 heteroatoms. The third kappa shape index (κ3) is 5.54. The van der Waals surface area contributed by atoms with E-state index in [0.29, 0.717) is 44.3 Å². The third-order valence-electron chi connectivity index (χ3n) is 3.16. The molecule has 0 radical (unpaired) electrons. The molecule has 0 fully saturated rings. The van der Waals surface area contributed by atoms with Gasteiger partial charge in [-0.15, -0.1) is 13.2 Å². The fraction of sp³-hybridized carbons (Fsp3) is 0.444. The molecule has 0 aliphatic rings. The molecule has 1 rings (SSSR count). The third-order valence-corrected chi connectivity index (χ3v) is 3.16. The second-order valence-electron chi connectivity index (χ2n) is 4.88. The Morgan fingerprint density at radius 2 is 1.68 bits per heavy atom. The topological polar surface area (TPSA) is 41.9 Å². The highest BCUT2D eigenvalue weighted by molar-refractivity contribution is 5.43. The van der Waals surface area contributed by atoms with E-state index in [0.717, 1.165) is 5.56 Å². The molecule has 1 aromatic rings. The quantitative estimate of drug-likeness (QED) is 0.638. The lowest BCUT2D eigenvalue weighted by Crippen LogP contribution is -2.29. The Morgan fingerprint density at radius 3 is 2.23 bits per heavy atom. The van der Waals surface area contributed by atoms with E-state index in [4.69, 9.17) is 9.47 Å². The van der Waals surface area contributed by atoms with Gasteiger partial charge in [-0.3, -0.25) is 4.90 Å². The molecule has 122 valence electrons. The van der Waals surface area contributed by atoms with Crippen molar-refractivity contribution in [3.8, 4) is 11.5 Å². The smallest absolute Gasteiger partial charge is 0.161 e. The van der Waals surface area contributed by atoms with Crippen LogP contribution in [0.4, 0.5) is 0 Å². The second kappa shape index (κ2) is 10.0. The van der Waals surface area contributed by atoms with Gasteiger partial charge in [-0.25, -0.2) is 0 Å². The minimum absolute atomic E-state index is 0.511. The Kier molecular flexibility index (Phi) is 8.33. The molecule has 0 aliphatic carbocycles. The van der Waals surface area contributed by atoms with Gasteiger partial charge in [0.1, 0.15) is 0 Å². The maximum Gasteiger partial charge on any atom is 0.161 e. The Morgan fingerprint density at radius 1 is 1.09 bits per heavy atom. The van der Waals surface area contributed by atoms with Crippen molar-refractivity contribution in [1.82, 2.24) is 4.90 Å². The average Bonchev–Trinajstić information content (AvgIpc) is 2.50. The number of hydrogen-bond acceptors (Lipinski definition) is 4. The van der Waals surface area contributed by atoms with Crippen molar-refractivity contribution in [2.75, 3.05) is 32.8 Å². The van der Waals surface area contributed by atoms with Crippen LogP contribution in [-0.2, 0) is 0 Å². The molecule has 0 saturated carbocycles. The van der Waals surface area contributed by atoms with Crippen LogP contribution < -0.4 is 9.47 Å². The molecule has 0 aliphatic heterocycles. The molecule has 4 nitrogen and oxygen atoms in total. The number of ether oxygens (including phenoxy) is 2. The highest BCUT2D eigenvalue weighted by Gasteiger charge is 2.15. The fourth-order valence-electron chi connectivity index (χ4n) is 2.21. The van der Waals surface area contributed by atoms with Gasteiger partial charge in [-0.05, 0) is 31.5 Å². The Balaban J connectivity index is 2.87. The molecule has 0 heterocycles. The first-order chi connectivity index (χ1) is 10.7. The van der Waals surface area contributed by atoms with Crippen LogP contribution in [0.5, 0.6) is 11.5 Å². The Bertz CT molecular complexity index is 463. The lowest BCUT2D eigenvalue weighted by Gasteiger charge is -2.23. The number of benzene rings is 1. The molecule has 1 N–H and O–H groups in total. The van der Waals surface area contributed by atoms with Crippen LogP contribution in [0.2, 0.25) is 0 Å². The van der Waals surface area contributed by atoms with Gasteiger partial charge in [0.25, 0.3) is 0 Å². The van der Waals surface area contributed by atoms with E-state index in [1.807, 2.05) is 44.2 Å². The standard InChI is InChI=1S/C18H27NO3/c1-5-11-19(12-6-2)14-16(20)15-9-10-17(21-7-3)18(13-15)22-8-4/h5-6,9-10,13,16,20H,1-2,7-8,11-12,14H2,3-4H3. The number of rotatable bonds is 11. The van der Waals surface area contributed by atoms with Gasteiger partial charge < -0.3 is 14.6 Å². The predicted octanol–water partition coefficient (Wildman–Crippen LogP) is 3.19. The van der Waals surface area contributed by atoms with E-state index in [9.17, 15) is 5.11 Å². The summed E-state index contributed by atoms with van der Waals surface area (Å²) in [6, 6.07) is 5.57. The summed E-state index contributed by atoms with van der Waals surface area (Å²) in [6.45, 7) is 14.4. The van der Waals surface area contributed by atoms with E-state index in [-0.39, 0.29) is 0 Å². The molecule has 1 atom stereocenters. The molecular formula is C18H27NO3. The van der Waals surface area contributed by atoms with Crippen molar-refractivity contribution in [1.29, 1.82) is 0 Å². The van der Waals surface area contributed by atoms with Crippen LogP contribution >= 0.6 is 0 Å². The van der Waals surface area contributed by atoms with Gasteiger partial charge in [0.15, 0.2) is 11.5 Å². The zero-order valence-electron chi connectivity index (χ0n) is 13.6. The van der Waals surface area contributed by atoms with Crippen LogP contribution in [0.15, 0.2) is 43.5 Å². The zero-order chi connectivity index (χ0) is 16.4. The number of hydrogen-bond donors (Lipinski definition) is 1. The lowest BCUT2D eigenvalue weighted by molar-refractivity contribution is 0.125. The first kappa shape index (κ1) is 18.3. The molecule has 0 saturated heterocycles. The first-order valence-corrected chi connectivity index (χ1v) is 7.67. The van der Waals surface area contributed by atoms with Crippen LogP contribution in [0.3, 0.4) is 0 Å². The van der Waals surface area contributed by atoms with Gasteiger partial charge in [-0.2, -0.15) is 0 Å². The Hall–Kier alpha value is -1.78. The summed E-state index contributed by atoms with van der Waals surface area (Å²) in [5.74, 6) is 1.37. The maximum atomic E-state index is 10.5. The highest BCUT2D eigenvalue weighted by Crippen LogP contribution is 2.31. The van der Waals surface area contributed by atoms with Crippen molar-refractivity contribution in [2.24, 2.45) is 0 Å². The molecule has 1 unspecified atom stereocenters. The second-order valence-corrected chi connectivity index (χ2v) is 4.88. The van der Waals surface area contributed by atoms with Gasteiger partial charge in [0.05, 0.1) is 19.3 Å². The lowest BCUT2D eigenvalue weighted by atomic mass is 10.1. The van der Waals surface area contributed by atoms with Crippen LogP contribution in [0.1, 0.15) is 25.5 Å². The van der Waals surface area contributed by atoms with E-state index >= 15 is 0 Å². The molecule has 0 aromatic heterocycles. The molecule has 0 bridgehead atoms. The normalized spacial score (nSPS) is 12.0. The van der Waals surface area contributed by atoms with Crippen molar-refractivity contribution >= 4 is 0 Å². The average molecular weight is 305 g/mol. The summed E-state index contributed by atoms with van der Waals surface area (Å²) in [5.41, 5.74) is 0.810. The van der Waals surface area contributed by atoms with Gasteiger partial charge >= 0.3 is 0 Å². The SMILES string of the molecule is C=CCN(CC=C)CC(O)c1ccc(OCC)c(OCC)c1. The summed E-state index contributed by atoms with van der Waals surface area (Å²) in [5, 5.41) is 10.5. The minimum atomic E-state index is -0.602. The zero-order valence-corrected chi connectivity index (χ0v) is 13.6. The van der Waals surface area contributed by atoms with Crippen LogP contribution in [-0.4, -0.2) is 42.9 Å². The van der Waals surface area contributed by atoms with E-state index in [1.165, 1.54) is 0 Å². The molecular weight excluding hydrogens is 278 g/mol. The largest absolute Gasteiger partial charge is 0.490 e. The summed E-state index contributed by atoms with van der Waals surface area (Å²) in [4.78, 5) is 2.07. The van der Waals surface area contributed by atoms with Crippen molar-refractivity contribution < 1.29 is 14.6 Å². The minimum Gasteiger partial charge on any atom is -0.490 e. The van der Waals surface area contributed by atoms with E-state index in [2.05, 4.69) is 18.1 Å². The summed E-state index contributed by atoms with van der Waals surface area (Å²) < 4.78 is 11.1. The predicted molar refractivity (Wildman–Crippen MR) is 90.6 cm³/mol. The molecule has 0 amide bonds. The van der Waals surface area contributed by atoms with Crippen molar-refractivity contribution in [3.05, 3.63) is 49.1 Å². The van der Waals surface area contributed by atoms with E-state index in [1.54, 1.807) is 0 Å². The first-order valence-electron chi connectivity index (χ1n) is 7.67. The number of nitrogens with zero attached hydrogens (tertiary/aromatic N) is 1. The monoisotopic (exact) mass is 305 g/mol. The summed E-state index contributed by atoms with van der Waals surface area (Å²) in [6.07, 6.45) is 3.04. The highest BCUT2D eigenvalue weighted by atomic mass is 16.5.